The molecule has 12 heavy (non-hydrogen) atoms. The highest BCUT2D eigenvalue weighted by Crippen LogP contribution is 2.08. The topological polar surface area (TPSA) is 75.3 Å². The SMILES string of the molecule is N[C@@H](CO)C(=O)[CH][C@H]1CCCN1. The van der Waals surface area contributed by atoms with Gasteiger partial charge in [-0.15, -0.1) is 0 Å². The van der Waals surface area contributed by atoms with E-state index in [2.05, 4.69) is 5.32 Å². The Morgan fingerprint density at radius 2 is 2.58 bits per heavy atom. The fourth-order valence-corrected chi connectivity index (χ4v) is 1.27. The molecule has 69 valence electrons. The van der Waals surface area contributed by atoms with Crippen LogP contribution in [-0.2, 0) is 4.79 Å². The summed E-state index contributed by atoms with van der Waals surface area (Å²) in [6.07, 6.45) is 3.67. The number of ketones is 1. The third kappa shape index (κ3) is 2.55. The van der Waals surface area contributed by atoms with Gasteiger partial charge in [-0.1, -0.05) is 0 Å². The van der Waals surface area contributed by atoms with Crippen LogP contribution in [0.5, 0.6) is 0 Å². The molecule has 1 aliphatic rings. The van der Waals surface area contributed by atoms with E-state index in [1.807, 2.05) is 0 Å². The summed E-state index contributed by atoms with van der Waals surface area (Å²) in [5.74, 6) is -0.170. The molecule has 0 spiro atoms. The molecule has 4 N–H and O–H groups in total. The van der Waals surface area contributed by atoms with Crippen LogP contribution in [0, 0.1) is 6.42 Å². The van der Waals surface area contributed by atoms with Gasteiger partial charge in [-0.25, -0.2) is 0 Å². The molecule has 0 unspecified atom stereocenters. The fraction of sp³-hybridized carbons (Fsp3) is 0.750. The average molecular weight is 171 g/mol. The number of aliphatic hydroxyl groups is 1. The Morgan fingerprint density at radius 1 is 1.83 bits per heavy atom. The molecule has 1 aliphatic heterocycles. The molecule has 1 fully saturated rings. The van der Waals surface area contributed by atoms with Gasteiger partial charge in [0, 0.05) is 12.5 Å². The highest BCUT2D eigenvalue weighted by molar-refractivity contribution is 5.92. The molecule has 0 saturated carbocycles. The Morgan fingerprint density at radius 3 is 3.08 bits per heavy atom. The van der Waals surface area contributed by atoms with Gasteiger partial charge in [0.05, 0.1) is 12.6 Å². The van der Waals surface area contributed by atoms with Crippen LogP contribution in [0.25, 0.3) is 0 Å². The third-order valence-corrected chi connectivity index (χ3v) is 2.03. The van der Waals surface area contributed by atoms with Crippen LogP contribution in [0.3, 0.4) is 0 Å². The first-order chi connectivity index (χ1) is 5.74. The summed E-state index contributed by atoms with van der Waals surface area (Å²) in [5.41, 5.74) is 5.34. The summed E-state index contributed by atoms with van der Waals surface area (Å²) in [6.45, 7) is 0.685. The minimum absolute atomic E-state index is 0.162. The van der Waals surface area contributed by atoms with Crippen molar-refractivity contribution in [2.75, 3.05) is 13.2 Å². The molecular formula is C8H15N2O2. The first-order valence-corrected chi connectivity index (χ1v) is 4.22. The zero-order chi connectivity index (χ0) is 8.97. The third-order valence-electron chi connectivity index (χ3n) is 2.03. The minimum Gasteiger partial charge on any atom is -0.394 e. The predicted octanol–water partition coefficient (Wildman–Crippen LogP) is -1.17. The van der Waals surface area contributed by atoms with Gasteiger partial charge in [-0.05, 0) is 19.4 Å². The van der Waals surface area contributed by atoms with Crippen molar-refractivity contribution in [2.24, 2.45) is 5.73 Å². The summed E-state index contributed by atoms with van der Waals surface area (Å²) >= 11 is 0. The second kappa shape index (κ2) is 4.54. The zero-order valence-corrected chi connectivity index (χ0v) is 6.99. The number of aliphatic hydroxyl groups excluding tert-OH is 1. The van der Waals surface area contributed by atoms with Crippen LogP contribution >= 0.6 is 0 Å². The van der Waals surface area contributed by atoms with Crippen molar-refractivity contribution in [3.05, 3.63) is 6.42 Å². The summed E-state index contributed by atoms with van der Waals surface area (Å²) in [7, 11) is 0. The van der Waals surface area contributed by atoms with Crippen LogP contribution in [0.1, 0.15) is 12.8 Å². The van der Waals surface area contributed by atoms with E-state index in [0.29, 0.717) is 0 Å². The van der Waals surface area contributed by atoms with E-state index in [4.69, 9.17) is 10.8 Å². The summed E-state index contributed by atoms with van der Waals surface area (Å²) in [4.78, 5) is 11.1. The maximum Gasteiger partial charge on any atom is 0.157 e. The van der Waals surface area contributed by atoms with Gasteiger partial charge in [0.15, 0.2) is 5.78 Å². The normalized spacial score (nSPS) is 25.7. The van der Waals surface area contributed by atoms with Gasteiger partial charge in [0.25, 0.3) is 0 Å². The van der Waals surface area contributed by atoms with E-state index < -0.39 is 6.04 Å². The van der Waals surface area contributed by atoms with Crippen molar-refractivity contribution >= 4 is 5.78 Å². The number of Topliss-reactive ketones (excluding diaryl/α,β-unsaturated/α-hetero) is 1. The number of nitrogens with one attached hydrogen (secondary N) is 1. The highest BCUT2D eigenvalue weighted by Gasteiger charge is 2.21. The van der Waals surface area contributed by atoms with Crippen LogP contribution < -0.4 is 11.1 Å². The lowest BCUT2D eigenvalue weighted by molar-refractivity contribution is -0.118. The Hall–Kier alpha value is -0.450. The molecule has 0 aliphatic carbocycles. The Labute approximate surface area is 72.1 Å². The van der Waals surface area contributed by atoms with Crippen molar-refractivity contribution in [2.45, 2.75) is 24.9 Å². The molecule has 0 amide bonds. The van der Waals surface area contributed by atoms with E-state index >= 15 is 0 Å². The van der Waals surface area contributed by atoms with Crippen molar-refractivity contribution in [1.29, 1.82) is 0 Å². The Bertz CT molecular complexity index is 155. The second-order valence-electron chi connectivity index (χ2n) is 3.06. The van der Waals surface area contributed by atoms with Crippen molar-refractivity contribution < 1.29 is 9.90 Å². The molecule has 1 saturated heterocycles. The van der Waals surface area contributed by atoms with E-state index in [0.717, 1.165) is 19.4 Å². The standard InChI is InChI=1S/C8H15N2O2/c9-7(5-11)8(12)4-6-2-1-3-10-6/h4,6-7,10-11H,1-3,5,9H2/t6-,7+/m1/s1. The molecule has 1 heterocycles. The second-order valence-corrected chi connectivity index (χ2v) is 3.06. The summed E-state index contributed by atoms with van der Waals surface area (Å²) in [6, 6.07) is -0.581. The van der Waals surface area contributed by atoms with E-state index in [1.54, 1.807) is 6.42 Å². The number of hydrogen-bond acceptors (Lipinski definition) is 4. The largest absolute Gasteiger partial charge is 0.394 e. The minimum atomic E-state index is -0.743. The maximum atomic E-state index is 11.1. The molecule has 0 bridgehead atoms. The van der Waals surface area contributed by atoms with E-state index in [9.17, 15) is 4.79 Å². The first-order valence-electron chi connectivity index (χ1n) is 4.22. The fourth-order valence-electron chi connectivity index (χ4n) is 1.27. The van der Waals surface area contributed by atoms with Crippen LogP contribution in [0.15, 0.2) is 0 Å². The number of nitrogens with two attached hydrogens (primary N) is 1. The predicted molar refractivity (Wildman–Crippen MR) is 45.4 cm³/mol. The molecule has 1 rings (SSSR count). The van der Waals surface area contributed by atoms with E-state index in [1.165, 1.54) is 0 Å². The van der Waals surface area contributed by atoms with Crippen LogP contribution in [-0.4, -0.2) is 36.1 Å². The Kier molecular flexibility index (Phi) is 3.65. The average Bonchev–Trinajstić information content (AvgIpc) is 2.55. The molecule has 0 aromatic rings. The van der Waals surface area contributed by atoms with Gasteiger partial charge in [-0.2, -0.15) is 0 Å². The highest BCUT2D eigenvalue weighted by atomic mass is 16.3. The van der Waals surface area contributed by atoms with Crippen LogP contribution in [0.4, 0.5) is 0 Å². The molecule has 0 aromatic heterocycles. The molecule has 0 aromatic carbocycles. The lowest BCUT2D eigenvalue weighted by Gasteiger charge is -2.11. The Balaban J connectivity index is 2.25. The number of rotatable bonds is 4. The lowest BCUT2D eigenvalue weighted by atomic mass is 10.0. The van der Waals surface area contributed by atoms with Crippen molar-refractivity contribution in [3.8, 4) is 0 Å². The van der Waals surface area contributed by atoms with E-state index in [-0.39, 0.29) is 18.4 Å². The smallest absolute Gasteiger partial charge is 0.157 e. The molecule has 1 radical (unpaired) electrons. The maximum absolute atomic E-state index is 11.1. The number of carbonyl (C=O) groups is 1. The van der Waals surface area contributed by atoms with Gasteiger partial charge >= 0.3 is 0 Å². The lowest BCUT2D eigenvalue weighted by Crippen LogP contribution is -2.38. The molecular weight excluding hydrogens is 156 g/mol. The summed E-state index contributed by atoms with van der Waals surface area (Å²) < 4.78 is 0. The number of hydrogen-bond donors (Lipinski definition) is 3. The quantitative estimate of drug-likeness (QED) is 0.498. The summed E-state index contributed by atoms with van der Waals surface area (Å²) in [5, 5.41) is 11.7. The van der Waals surface area contributed by atoms with Crippen molar-refractivity contribution in [1.82, 2.24) is 5.32 Å². The monoisotopic (exact) mass is 171 g/mol. The molecule has 4 nitrogen and oxygen atoms in total. The molecule has 2 atom stereocenters. The van der Waals surface area contributed by atoms with Gasteiger partial charge in [0.2, 0.25) is 0 Å². The molecule has 4 heteroatoms. The van der Waals surface area contributed by atoms with Gasteiger partial charge in [0.1, 0.15) is 0 Å². The number of carbonyl (C=O) groups excluding carboxylic acids is 1. The van der Waals surface area contributed by atoms with Gasteiger partial charge < -0.3 is 16.2 Å². The van der Waals surface area contributed by atoms with Gasteiger partial charge in [-0.3, -0.25) is 4.79 Å². The van der Waals surface area contributed by atoms with Crippen molar-refractivity contribution in [3.63, 3.8) is 0 Å². The van der Waals surface area contributed by atoms with Crippen LogP contribution in [0.2, 0.25) is 0 Å². The first kappa shape index (κ1) is 9.64. The zero-order valence-electron chi connectivity index (χ0n) is 6.99.